The number of nitrogens with zero attached hydrogens (tertiary/aromatic N) is 6. The van der Waals surface area contributed by atoms with Crippen molar-refractivity contribution < 1.29 is 76.3 Å². The molecule has 0 fully saturated rings. The van der Waals surface area contributed by atoms with Gasteiger partial charge in [0.2, 0.25) is 0 Å². The summed E-state index contributed by atoms with van der Waals surface area (Å²) >= 11 is 0. The first-order chi connectivity index (χ1) is 46.9. The molecule has 0 bridgehead atoms. The summed E-state index contributed by atoms with van der Waals surface area (Å²) in [5, 5.41) is 10.0. The smallest absolute Gasteiger partial charge is 0.411 e. The number of carbonyl (C=O) groups excluding carboxylic acids is 8. The summed E-state index contributed by atoms with van der Waals surface area (Å²) in [5.41, 5.74) is -8.74. The first-order valence-corrected chi connectivity index (χ1v) is 31.3. The van der Waals surface area contributed by atoms with E-state index in [1.54, 1.807) is 27.7 Å². The predicted molar refractivity (Wildman–Crippen MR) is 361 cm³/mol. The van der Waals surface area contributed by atoms with E-state index in [4.69, 9.17) is 37.9 Å². The minimum Gasteiger partial charge on any atom is -0.459 e. The Morgan fingerprint density at radius 3 is 0.980 bits per heavy atom. The molecule has 5 rings (SSSR count). The Morgan fingerprint density at radius 2 is 0.657 bits per heavy atom. The van der Waals surface area contributed by atoms with Crippen molar-refractivity contribution in [2.75, 3.05) is 68.8 Å². The highest BCUT2D eigenvalue weighted by molar-refractivity contribution is 5.90. The number of esters is 4. The standard InChI is InChI=1S/C67H82N10O22/c1-14-16-18-20-52(71-61(85)99-35-31-95-57(81)42(9)10)75-63(87)74(48-27-24-45(13)51(38-48)70-60(84)98-34-30-94-56(80)41(7)8)66(90)77(67(75)91)53(21-19-17-15-2)76-64(88)72(46-25-22-43(11)49(36-46)68-58(82)96-32-28-92-54(78)39(3)4)62(86)73(65(76)89)47-26-23-44(12)50(37-47)69-59(83)97-33-29-93-55(79)40(5)6/h22-27,36-38,52-53H,3,5,7,9,14-21,28-35H2,1-2,4,6,8,10-13H3,(H,68,82)(H,69,83)(H,70,84)(H,71,85). The number of hydrogen-bond donors (Lipinski definition) is 4. The van der Waals surface area contributed by atoms with E-state index < -0.39 is 134 Å². The Morgan fingerprint density at radius 1 is 0.374 bits per heavy atom. The second-order valence-electron chi connectivity index (χ2n) is 22.5. The number of aryl methyl sites for hydroxylation is 3. The molecule has 532 valence electrons. The maximum absolute atomic E-state index is 15.9. The molecule has 0 aliphatic carbocycles. The third-order valence-corrected chi connectivity index (χ3v) is 14.5. The quantitative estimate of drug-likeness (QED) is 0.0138. The monoisotopic (exact) mass is 1380 g/mol. The molecule has 0 aliphatic heterocycles. The average Bonchev–Trinajstić information content (AvgIpc) is 0.731. The number of unbranched alkanes of at least 4 members (excludes halogenated alkanes) is 4. The van der Waals surface area contributed by atoms with Crippen LogP contribution in [-0.4, -0.2) is 129 Å². The molecule has 2 atom stereocenters. The van der Waals surface area contributed by atoms with Gasteiger partial charge in [-0.15, -0.1) is 0 Å². The minimum atomic E-state index is -2.13. The van der Waals surface area contributed by atoms with Crippen LogP contribution in [0.1, 0.15) is 122 Å². The zero-order valence-corrected chi connectivity index (χ0v) is 56.7. The van der Waals surface area contributed by atoms with Crippen LogP contribution in [0.3, 0.4) is 0 Å². The number of anilines is 3. The van der Waals surface area contributed by atoms with Crippen LogP contribution in [0.4, 0.5) is 36.2 Å². The molecule has 99 heavy (non-hydrogen) atoms. The lowest BCUT2D eigenvalue weighted by atomic mass is 10.1. The van der Waals surface area contributed by atoms with Crippen LogP contribution in [0.5, 0.6) is 0 Å². The second-order valence-corrected chi connectivity index (χ2v) is 22.5. The Bertz CT molecular complexity index is 4180. The predicted octanol–water partition coefficient (Wildman–Crippen LogP) is 7.10. The zero-order valence-electron chi connectivity index (χ0n) is 56.7. The molecule has 0 saturated heterocycles. The van der Waals surface area contributed by atoms with Gasteiger partial charge in [0.05, 0.1) is 17.1 Å². The third-order valence-electron chi connectivity index (χ3n) is 14.5. The highest BCUT2D eigenvalue weighted by Crippen LogP contribution is 2.24. The van der Waals surface area contributed by atoms with E-state index in [9.17, 15) is 38.4 Å². The van der Waals surface area contributed by atoms with Gasteiger partial charge in [0.15, 0.2) is 0 Å². The first kappa shape index (κ1) is 78.1. The fraction of sp³-hybridized carbons (Fsp3) is 0.403. The van der Waals surface area contributed by atoms with Gasteiger partial charge in [-0.1, -0.05) is 84.0 Å². The van der Waals surface area contributed by atoms with Gasteiger partial charge in [0.25, 0.3) is 0 Å². The summed E-state index contributed by atoms with van der Waals surface area (Å²) in [7, 11) is 0. The van der Waals surface area contributed by atoms with Crippen LogP contribution >= 0.6 is 0 Å². The minimum absolute atomic E-state index is 0.0188. The van der Waals surface area contributed by atoms with Crippen LogP contribution in [0.2, 0.25) is 0 Å². The van der Waals surface area contributed by atoms with Gasteiger partial charge in [0, 0.05) is 39.4 Å². The van der Waals surface area contributed by atoms with Crippen molar-refractivity contribution in [1.29, 1.82) is 0 Å². The zero-order chi connectivity index (χ0) is 73.4. The number of amides is 4. The summed E-state index contributed by atoms with van der Waals surface area (Å²) < 4.78 is 43.9. The van der Waals surface area contributed by atoms with Crippen molar-refractivity contribution in [3.05, 3.63) is 183 Å². The molecule has 0 saturated carbocycles. The molecule has 0 spiro atoms. The average molecular weight is 1380 g/mol. The Balaban J connectivity index is 1.90. The van der Waals surface area contributed by atoms with Gasteiger partial charge in [-0.25, -0.2) is 94.5 Å². The number of nitrogens with one attached hydrogen (secondary N) is 4. The lowest BCUT2D eigenvalue weighted by Crippen LogP contribution is -2.62. The van der Waals surface area contributed by atoms with Crippen molar-refractivity contribution in [1.82, 2.24) is 32.7 Å². The van der Waals surface area contributed by atoms with Crippen molar-refractivity contribution in [3.8, 4) is 17.1 Å². The molecule has 32 nitrogen and oxygen atoms in total. The fourth-order valence-electron chi connectivity index (χ4n) is 9.22. The fourth-order valence-corrected chi connectivity index (χ4v) is 9.22. The number of alkyl carbamates (subject to hydrolysis) is 1. The topological polar surface area (TPSA) is 391 Å². The molecule has 0 radical (unpaired) electrons. The highest BCUT2D eigenvalue weighted by Gasteiger charge is 2.33. The van der Waals surface area contributed by atoms with Crippen molar-refractivity contribution in [3.63, 3.8) is 0 Å². The number of ether oxygens (including phenoxy) is 8. The van der Waals surface area contributed by atoms with Gasteiger partial charge in [-0.3, -0.25) is 16.0 Å². The van der Waals surface area contributed by atoms with Crippen molar-refractivity contribution in [2.45, 2.75) is 126 Å². The van der Waals surface area contributed by atoms with E-state index in [2.05, 4.69) is 47.6 Å². The molecule has 2 aromatic heterocycles. The van der Waals surface area contributed by atoms with Crippen LogP contribution < -0.4 is 55.4 Å². The lowest BCUT2D eigenvalue weighted by Gasteiger charge is -2.27. The van der Waals surface area contributed by atoms with E-state index in [0.29, 0.717) is 69.8 Å². The van der Waals surface area contributed by atoms with Crippen LogP contribution in [-0.2, 0) is 57.1 Å². The number of aromatic nitrogens is 6. The normalized spacial score (nSPS) is 11.4. The van der Waals surface area contributed by atoms with E-state index in [1.165, 1.54) is 82.3 Å². The van der Waals surface area contributed by atoms with Crippen LogP contribution in [0.15, 0.2) is 132 Å². The molecule has 0 aliphatic rings. The molecule has 2 unspecified atom stereocenters. The summed E-state index contributed by atoms with van der Waals surface area (Å²) in [4.78, 5) is 196. The van der Waals surface area contributed by atoms with E-state index >= 15 is 28.8 Å². The molecule has 4 N–H and O–H groups in total. The van der Waals surface area contributed by atoms with Crippen LogP contribution in [0.25, 0.3) is 17.1 Å². The van der Waals surface area contributed by atoms with Gasteiger partial charge in [-0.2, -0.15) is 0 Å². The molecular weight excluding hydrogens is 1300 g/mol. The Labute approximate surface area is 567 Å². The molecular formula is C67H82N10O22. The number of carbonyl (C=O) groups is 8. The van der Waals surface area contributed by atoms with Gasteiger partial charge >= 0.3 is 82.4 Å². The second kappa shape index (κ2) is 37.1. The maximum atomic E-state index is 15.9. The summed E-state index contributed by atoms with van der Waals surface area (Å²) in [6.07, 6.45) is -7.00. The van der Waals surface area contributed by atoms with Crippen LogP contribution in [0, 0.1) is 20.8 Å². The maximum Gasteiger partial charge on any atom is 0.411 e. The SMILES string of the molecule is C=C(C)C(=O)OCCOC(=O)Nc1cc(-n2c(=O)n(-c3ccc(C)c(NC(=O)OCCOC(=O)C(=C)C)c3)c(=O)n(C(CCCCC)n3c(=O)n(-c4ccc(C)c(NC(=O)OCCOC(=O)C(=C)C)c4)c(=O)n(C(CCCCC)NC(=O)OCCOC(=O)C(=C)C)c3=O)c2=O)ccc1C. The number of hydrogen-bond acceptors (Lipinski definition) is 22. The van der Waals surface area contributed by atoms with Gasteiger partial charge < -0.3 is 43.2 Å². The molecule has 32 heteroatoms. The molecule has 4 amide bonds. The lowest BCUT2D eigenvalue weighted by molar-refractivity contribution is -0.140. The number of rotatable bonds is 34. The highest BCUT2D eigenvalue weighted by atomic mass is 16.6. The summed E-state index contributed by atoms with van der Waals surface area (Å²) in [5.74, 6) is -3.02. The Kier molecular flexibility index (Phi) is 29.2. The van der Waals surface area contributed by atoms with E-state index in [-0.39, 0.29) is 95.5 Å². The number of benzene rings is 3. The third kappa shape index (κ3) is 21.4. The largest absolute Gasteiger partial charge is 0.459 e. The molecule has 3 aromatic carbocycles. The van der Waals surface area contributed by atoms with E-state index in [0.717, 1.165) is 0 Å². The van der Waals surface area contributed by atoms with E-state index in [1.807, 2.05) is 6.92 Å². The summed E-state index contributed by atoms with van der Waals surface area (Å²) in [6.45, 7) is 24.6. The first-order valence-electron chi connectivity index (χ1n) is 31.3. The molecule has 2 heterocycles. The Hall–Kier alpha value is -11.6. The van der Waals surface area contributed by atoms with Gasteiger partial charge in [0.1, 0.15) is 65.2 Å². The molecule has 5 aromatic rings. The van der Waals surface area contributed by atoms with Crippen molar-refractivity contribution >= 4 is 65.3 Å². The van der Waals surface area contributed by atoms with Crippen molar-refractivity contribution in [2.24, 2.45) is 0 Å². The summed E-state index contributed by atoms with van der Waals surface area (Å²) in [6, 6.07) is 11.5. The van der Waals surface area contributed by atoms with Gasteiger partial charge in [-0.05, 0) is 127 Å².